The van der Waals surface area contributed by atoms with Crippen LogP contribution >= 0.6 is 0 Å². The van der Waals surface area contributed by atoms with Crippen molar-refractivity contribution in [2.24, 2.45) is 5.73 Å². The lowest BCUT2D eigenvalue weighted by Gasteiger charge is -2.25. The number of ether oxygens (including phenoxy) is 1. The van der Waals surface area contributed by atoms with E-state index in [0.29, 0.717) is 11.1 Å². The summed E-state index contributed by atoms with van der Waals surface area (Å²) in [6, 6.07) is 21.2. The van der Waals surface area contributed by atoms with Gasteiger partial charge in [-0.05, 0) is 39.9 Å². The molecule has 0 saturated heterocycles. The second-order valence-electron chi connectivity index (χ2n) is 8.03. The van der Waals surface area contributed by atoms with Crippen molar-refractivity contribution in [3.05, 3.63) is 95.1 Å². The van der Waals surface area contributed by atoms with Crippen LogP contribution < -0.4 is 5.73 Å². The van der Waals surface area contributed by atoms with Crippen LogP contribution in [0.3, 0.4) is 0 Å². The van der Waals surface area contributed by atoms with Crippen molar-refractivity contribution >= 4 is 18.0 Å². The van der Waals surface area contributed by atoms with E-state index in [1.807, 2.05) is 48.5 Å². The van der Waals surface area contributed by atoms with Gasteiger partial charge in [0.05, 0.1) is 0 Å². The number of carbonyl (C=O) groups excluding carboxylic acids is 2. The highest BCUT2D eigenvalue weighted by molar-refractivity contribution is 5.92. The average molecular weight is 444 g/mol. The van der Waals surface area contributed by atoms with Gasteiger partial charge in [0.1, 0.15) is 12.6 Å². The molecule has 1 aliphatic rings. The van der Waals surface area contributed by atoms with E-state index in [1.165, 1.54) is 19.2 Å². The topological polar surface area (TPSA) is 110 Å². The third-order valence-electron chi connectivity index (χ3n) is 6.04. The first kappa shape index (κ1) is 22.1. The minimum absolute atomic E-state index is 0.0646. The summed E-state index contributed by atoms with van der Waals surface area (Å²) in [5.74, 6) is -1.82. The minimum atomic E-state index is -1.15. The molecule has 4 rings (SSSR count). The summed E-state index contributed by atoms with van der Waals surface area (Å²) in [5.41, 5.74) is 10.6. The van der Waals surface area contributed by atoms with Crippen LogP contribution in [0.15, 0.2) is 72.8 Å². The van der Waals surface area contributed by atoms with Gasteiger partial charge in [-0.2, -0.15) is 0 Å². The van der Waals surface area contributed by atoms with Crippen LogP contribution in [-0.4, -0.2) is 47.7 Å². The van der Waals surface area contributed by atoms with E-state index in [4.69, 9.17) is 10.5 Å². The van der Waals surface area contributed by atoms with Crippen LogP contribution in [0.25, 0.3) is 11.1 Å². The highest BCUT2D eigenvalue weighted by Crippen LogP contribution is 2.44. The molecule has 3 N–H and O–H groups in total. The summed E-state index contributed by atoms with van der Waals surface area (Å²) < 4.78 is 5.58. The Morgan fingerprint density at radius 3 is 2.00 bits per heavy atom. The van der Waals surface area contributed by atoms with Gasteiger partial charge < -0.3 is 15.6 Å². The number of nitrogens with zero attached hydrogens (tertiary/aromatic N) is 1. The highest BCUT2D eigenvalue weighted by Gasteiger charge is 2.32. The number of hydrogen-bond donors (Lipinski definition) is 2. The Bertz CT molecular complexity index is 1160. The Labute approximate surface area is 191 Å². The van der Waals surface area contributed by atoms with Crippen molar-refractivity contribution in [1.29, 1.82) is 0 Å². The number of nitrogens with two attached hydrogens (primary N) is 1. The second kappa shape index (κ2) is 9.16. The van der Waals surface area contributed by atoms with Crippen LogP contribution in [-0.2, 0) is 16.0 Å². The third kappa shape index (κ3) is 4.43. The van der Waals surface area contributed by atoms with E-state index in [2.05, 4.69) is 0 Å². The first-order valence-electron chi connectivity index (χ1n) is 10.6. The van der Waals surface area contributed by atoms with E-state index < -0.39 is 24.0 Å². The fourth-order valence-electron chi connectivity index (χ4n) is 4.24. The normalized spacial score (nSPS) is 13.0. The molecule has 0 fully saturated rings. The number of carboxylic acid groups (broad SMARTS) is 1. The number of primary amides is 1. The van der Waals surface area contributed by atoms with Crippen molar-refractivity contribution in [1.82, 2.24) is 4.90 Å². The summed E-state index contributed by atoms with van der Waals surface area (Å²) in [6.45, 7) is 0.108. The van der Waals surface area contributed by atoms with Crippen molar-refractivity contribution in [3.63, 3.8) is 0 Å². The number of likely N-dealkylation sites (N-methyl/N-ethyl adjacent to an activating group) is 1. The molecule has 7 nitrogen and oxygen atoms in total. The Balaban J connectivity index is 1.46. The van der Waals surface area contributed by atoms with Crippen LogP contribution in [0.1, 0.15) is 33.0 Å². The molecule has 0 aromatic heterocycles. The van der Waals surface area contributed by atoms with Gasteiger partial charge in [0.25, 0.3) is 0 Å². The molecule has 3 aromatic rings. The molecule has 168 valence electrons. The summed E-state index contributed by atoms with van der Waals surface area (Å²) in [7, 11) is 1.41. The molecule has 2 amide bonds. The van der Waals surface area contributed by atoms with E-state index in [-0.39, 0.29) is 18.9 Å². The molecule has 0 bridgehead atoms. The maximum atomic E-state index is 12.8. The number of fused-ring (bicyclic) bond motifs is 3. The molecule has 1 aliphatic carbocycles. The van der Waals surface area contributed by atoms with Gasteiger partial charge in [-0.3, -0.25) is 9.69 Å². The Kier molecular flexibility index (Phi) is 6.13. The quantitative estimate of drug-likeness (QED) is 0.578. The van der Waals surface area contributed by atoms with Gasteiger partial charge in [0.15, 0.2) is 0 Å². The molecular formula is C26H24N2O5. The minimum Gasteiger partial charge on any atom is -0.480 e. The van der Waals surface area contributed by atoms with Crippen molar-refractivity contribution < 1.29 is 24.2 Å². The average Bonchev–Trinajstić information content (AvgIpc) is 3.14. The predicted octanol–water partition coefficient (Wildman–Crippen LogP) is 3.66. The molecule has 33 heavy (non-hydrogen) atoms. The SMILES string of the molecule is CN(C(=O)OCC1c2ccccc2-c2ccccc21)[C@@H](Cc1ccc(C(N)=O)cc1)C(=O)O. The third-order valence-corrected chi connectivity index (χ3v) is 6.04. The summed E-state index contributed by atoms with van der Waals surface area (Å²) in [4.78, 5) is 37.0. The molecule has 7 heteroatoms. The van der Waals surface area contributed by atoms with Crippen LogP contribution in [0.4, 0.5) is 4.79 Å². The smallest absolute Gasteiger partial charge is 0.410 e. The van der Waals surface area contributed by atoms with Gasteiger partial charge in [-0.1, -0.05) is 60.7 Å². The zero-order valence-corrected chi connectivity index (χ0v) is 18.1. The Hall–Kier alpha value is -4.13. The largest absolute Gasteiger partial charge is 0.480 e. The van der Waals surface area contributed by atoms with Crippen molar-refractivity contribution in [2.45, 2.75) is 18.4 Å². The van der Waals surface area contributed by atoms with Gasteiger partial charge in [-0.15, -0.1) is 0 Å². The molecule has 0 saturated carbocycles. The molecular weight excluding hydrogens is 420 g/mol. The first-order valence-corrected chi connectivity index (χ1v) is 10.6. The predicted molar refractivity (Wildman–Crippen MR) is 123 cm³/mol. The number of carboxylic acids is 1. The van der Waals surface area contributed by atoms with E-state index in [0.717, 1.165) is 27.2 Å². The van der Waals surface area contributed by atoms with Crippen LogP contribution in [0.5, 0.6) is 0 Å². The fourth-order valence-corrected chi connectivity index (χ4v) is 4.24. The van der Waals surface area contributed by atoms with Crippen LogP contribution in [0, 0.1) is 0 Å². The lowest BCUT2D eigenvalue weighted by atomic mass is 9.98. The standard InChI is InChI=1S/C26H24N2O5/c1-28(23(25(30)31)14-16-10-12-17(13-11-16)24(27)29)26(32)33-15-22-20-8-4-2-6-18(20)19-7-3-5-9-21(19)22/h2-13,22-23H,14-15H2,1H3,(H2,27,29)(H,30,31)/t23-/m0/s1. The lowest BCUT2D eigenvalue weighted by Crippen LogP contribution is -2.44. The van der Waals surface area contributed by atoms with Crippen molar-refractivity contribution in [2.75, 3.05) is 13.7 Å². The zero-order valence-electron chi connectivity index (χ0n) is 18.1. The van der Waals surface area contributed by atoms with E-state index >= 15 is 0 Å². The molecule has 3 aromatic carbocycles. The zero-order chi connectivity index (χ0) is 23.5. The number of carbonyl (C=O) groups is 3. The molecule has 0 unspecified atom stereocenters. The summed E-state index contributed by atoms with van der Waals surface area (Å²) in [5, 5.41) is 9.71. The van der Waals surface area contributed by atoms with E-state index in [1.54, 1.807) is 12.1 Å². The maximum Gasteiger partial charge on any atom is 0.410 e. The molecule has 1 atom stereocenters. The fraction of sp³-hybridized carbons (Fsp3) is 0.192. The maximum absolute atomic E-state index is 12.8. The summed E-state index contributed by atoms with van der Waals surface area (Å²) in [6.07, 6.45) is -0.646. The van der Waals surface area contributed by atoms with Gasteiger partial charge in [-0.25, -0.2) is 9.59 Å². The van der Waals surface area contributed by atoms with Gasteiger partial charge >= 0.3 is 12.1 Å². The first-order chi connectivity index (χ1) is 15.9. The number of amides is 2. The number of hydrogen-bond acceptors (Lipinski definition) is 4. The van der Waals surface area contributed by atoms with Crippen molar-refractivity contribution in [3.8, 4) is 11.1 Å². The molecule has 0 radical (unpaired) electrons. The second-order valence-corrected chi connectivity index (χ2v) is 8.03. The van der Waals surface area contributed by atoms with E-state index in [9.17, 15) is 19.5 Å². The lowest BCUT2D eigenvalue weighted by molar-refractivity contribution is -0.142. The number of aliphatic carboxylic acids is 1. The van der Waals surface area contributed by atoms with Gasteiger partial charge in [0.2, 0.25) is 5.91 Å². The molecule has 0 heterocycles. The van der Waals surface area contributed by atoms with Gasteiger partial charge in [0, 0.05) is 24.9 Å². The number of rotatable bonds is 7. The van der Waals surface area contributed by atoms with Crippen LogP contribution in [0.2, 0.25) is 0 Å². The highest BCUT2D eigenvalue weighted by atomic mass is 16.6. The molecule has 0 spiro atoms. The Morgan fingerprint density at radius 1 is 0.939 bits per heavy atom. The monoisotopic (exact) mass is 444 g/mol. The Morgan fingerprint density at radius 2 is 1.48 bits per heavy atom. The molecule has 0 aliphatic heterocycles. The number of benzene rings is 3. The summed E-state index contributed by atoms with van der Waals surface area (Å²) >= 11 is 0.